The SMILES string of the molecule is Cc1ccc(C)c(NC(=O)c2nn(-c3ccc(F)cc3)c3c2CCCC3)c1. The van der Waals surface area contributed by atoms with Crippen LogP contribution in [0.4, 0.5) is 10.1 Å². The van der Waals surface area contributed by atoms with Crippen LogP contribution in [-0.4, -0.2) is 15.7 Å². The van der Waals surface area contributed by atoms with Crippen LogP contribution in [0.25, 0.3) is 5.69 Å². The number of amides is 1. The van der Waals surface area contributed by atoms with Crippen LogP contribution in [0, 0.1) is 19.7 Å². The normalized spacial score (nSPS) is 13.3. The van der Waals surface area contributed by atoms with Crippen LogP contribution in [0.5, 0.6) is 0 Å². The lowest BCUT2D eigenvalue weighted by Crippen LogP contribution is -2.16. The highest BCUT2D eigenvalue weighted by molar-refractivity contribution is 6.04. The van der Waals surface area contributed by atoms with Gasteiger partial charge in [-0.15, -0.1) is 0 Å². The van der Waals surface area contributed by atoms with Crippen molar-refractivity contribution in [2.45, 2.75) is 39.5 Å². The van der Waals surface area contributed by atoms with Crippen molar-refractivity contribution in [1.29, 1.82) is 0 Å². The van der Waals surface area contributed by atoms with Crippen LogP contribution in [0.3, 0.4) is 0 Å². The van der Waals surface area contributed by atoms with Crippen molar-refractivity contribution in [2.24, 2.45) is 0 Å². The van der Waals surface area contributed by atoms with Gasteiger partial charge in [0.15, 0.2) is 5.69 Å². The summed E-state index contributed by atoms with van der Waals surface area (Å²) in [6, 6.07) is 12.2. The number of hydrogen-bond donors (Lipinski definition) is 1. The molecule has 1 N–H and O–H groups in total. The van der Waals surface area contributed by atoms with Gasteiger partial charge in [0.05, 0.1) is 5.69 Å². The van der Waals surface area contributed by atoms with E-state index >= 15 is 0 Å². The molecule has 4 rings (SSSR count). The summed E-state index contributed by atoms with van der Waals surface area (Å²) in [6.07, 6.45) is 3.83. The zero-order chi connectivity index (χ0) is 19.0. The van der Waals surface area contributed by atoms with Gasteiger partial charge in [0.2, 0.25) is 0 Å². The third kappa shape index (κ3) is 3.37. The average Bonchev–Trinajstić information content (AvgIpc) is 3.05. The predicted molar refractivity (Wildman–Crippen MR) is 104 cm³/mol. The summed E-state index contributed by atoms with van der Waals surface area (Å²) in [5.41, 5.74) is 6.22. The highest BCUT2D eigenvalue weighted by atomic mass is 19.1. The van der Waals surface area contributed by atoms with Gasteiger partial charge >= 0.3 is 0 Å². The van der Waals surface area contributed by atoms with Gasteiger partial charge in [-0.2, -0.15) is 5.10 Å². The fourth-order valence-electron chi connectivity index (χ4n) is 3.63. The number of carbonyl (C=O) groups is 1. The van der Waals surface area contributed by atoms with E-state index in [4.69, 9.17) is 0 Å². The first kappa shape index (κ1) is 17.5. The van der Waals surface area contributed by atoms with E-state index in [0.717, 1.165) is 59.4 Å². The quantitative estimate of drug-likeness (QED) is 0.729. The van der Waals surface area contributed by atoms with Crippen LogP contribution in [0.15, 0.2) is 42.5 Å². The molecule has 138 valence electrons. The van der Waals surface area contributed by atoms with Gasteiger partial charge in [-0.25, -0.2) is 9.07 Å². The fourth-order valence-corrected chi connectivity index (χ4v) is 3.63. The minimum atomic E-state index is -0.285. The third-order valence-electron chi connectivity index (χ3n) is 5.11. The molecule has 0 saturated carbocycles. The molecule has 4 nitrogen and oxygen atoms in total. The molecule has 27 heavy (non-hydrogen) atoms. The lowest BCUT2D eigenvalue weighted by molar-refractivity contribution is 0.102. The lowest BCUT2D eigenvalue weighted by Gasteiger charge is -2.14. The zero-order valence-corrected chi connectivity index (χ0v) is 15.6. The number of rotatable bonds is 3. The molecule has 0 aliphatic heterocycles. The topological polar surface area (TPSA) is 46.9 Å². The zero-order valence-electron chi connectivity index (χ0n) is 15.6. The van der Waals surface area contributed by atoms with E-state index in [1.165, 1.54) is 12.1 Å². The highest BCUT2D eigenvalue weighted by Crippen LogP contribution is 2.28. The Labute approximate surface area is 158 Å². The smallest absolute Gasteiger partial charge is 0.276 e. The number of aryl methyl sites for hydroxylation is 2. The molecule has 2 aromatic carbocycles. The second-order valence-corrected chi connectivity index (χ2v) is 7.14. The Morgan fingerprint density at radius 1 is 1.07 bits per heavy atom. The summed E-state index contributed by atoms with van der Waals surface area (Å²) in [6.45, 7) is 3.97. The van der Waals surface area contributed by atoms with Gasteiger partial charge in [-0.05, 0) is 81.0 Å². The number of fused-ring (bicyclic) bond motifs is 1. The highest BCUT2D eigenvalue weighted by Gasteiger charge is 2.25. The van der Waals surface area contributed by atoms with Crippen LogP contribution >= 0.6 is 0 Å². The Balaban J connectivity index is 1.73. The second-order valence-electron chi connectivity index (χ2n) is 7.14. The first-order valence-electron chi connectivity index (χ1n) is 9.28. The molecule has 0 atom stereocenters. The Hall–Kier alpha value is -2.95. The van der Waals surface area contributed by atoms with Crippen LogP contribution < -0.4 is 5.32 Å². The van der Waals surface area contributed by atoms with Crippen molar-refractivity contribution in [2.75, 3.05) is 5.32 Å². The lowest BCUT2D eigenvalue weighted by atomic mass is 9.95. The maximum atomic E-state index is 13.3. The summed E-state index contributed by atoms with van der Waals surface area (Å²) >= 11 is 0. The molecule has 1 aliphatic rings. The third-order valence-corrected chi connectivity index (χ3v) is 5.11. The molecule has 0 fully saturated rings. The molecule has 1 aromatic heterocycles. The maximum absolute atomic E-state index is 13.3. The number of nitrogens with zero attached hydrogens (tertiary/aromatic N) is 2. The molecule has 0 unspecified atom stereocenters. The summed E-state index contributed by atoms with van der Waals surface area (Å²) in [5, 5.41) is 7.64. The van der Waals surface area contributed by atoms with E-state index in [1.807, 2.05) is 32.0 Å². The van der Waals surface area contributed by atoms with Gasteiger partial charge in [0.25, 0.3) is 5.91 Å². The number of hydrogen-bond acceptors (Lipinski definition) is 2. The van der Waals surface area contributed by atoms with Crippen molar-refractivity contribution in [3.05, 3.63) is 76.4 Å². The monoisotopic (exact) mass is 363 g/mol. The largest absolute Gasteiger partial charge is 0.320 e. The molecule has 1 amide bonds. The van der Waals surface area contributed by atoms with Crippen molar-refractivity contribution >= 4 is 11.6 Å². The molecular formula is C22H22FN3O. The maximum Gasteiger partial charge on any atom is 0.276 e. The Kier molecular flexibility index (Phi) is 4.52. The molecule has 5 heteroatoms. The molecular weight excluding hydrogens is 341 g/mol. The first-order chi connectivity index (χ1) is 13.0. The minimum absolute atomic E-state index is 0.192. The number of nitrogens with one attached hydrogen (secondary N) is 1. The van der Waals surface area contributed by atoms with E-state index in [0.29, 0.717) is 5.69 Å². The van der Waals surface area contributed by atoms with Crippen molar-refractivity contribution in [3.63, 3.8) is 0 Å². The van der Waals surface area contributed by atoms with Crippen LogP contribution in [0.1, 0.15) is 45.7 Å². The van der Waals surface area contributed by atoms with Gasteiger partial charge in [0, 0.05) is 16.9 Å². The number of carbonyl (C=O) groups excluding carboxylic acids is 1. The average molecular weight is 363 g/mol. The molecule has 1 aliphatic carbocycles. The number of benzene rings is 2. The Morgan fingerprint density at radius 3 is 2.59 bits per heavy atom. The summed E-state index contributed by atoms with van der Waals surface area (Å²) in [7, 11) is 0. The number of aromatic nitrogens is 2. The van der Waals surface area contributed by atoms with Gasteiger partial charge in [0.1, 0.15) is 5.82 Å². The molecule has 3 aromatic rings. The first-order valence-corrected chi connectivity index (χ1v) is 9.28. The van der Waals surface area contributed by atoms with E-state index in [9.17, 15) is 9.18 Å². The van der Waals surface area contributed by atoms with Crippen molar-refractivity contribution < 1.29 is 9.18 Å². The number of halogens is 1. The minimum Gasteiger partial charge on any atom is -0.320 e. The van der Waals surface area contributed by atoms with Crippen molar-refractivity contribution in [3.8, 4) is 5.69 Å². The molecule has 0 spiro atoms. The molecule has 1 heterocycles. The molecule has 0 bridgehead atoms. The fraction of sp³-hybridized carbons (Fsp3) is 0.273. The van der Waals surface area contributed by atoms with Gasteiger partial charge in [-0.3, -0.25) is 4.79 Å². The predicted octanol–water partition coefficient (Wildman–Crippen LogP) is 4.76. The van der Waals surface area contributed by atoms with Gasteiger partial charge < -0.3 is 5.32 Å². The standard InChI is InChI=1S/C22H22FN3O/c1-14-7-8-15(2)19(13-14)24-22(27)21-18-5-3-4-6-20(18)26(25-21)17-11-9-16(23)10-12-17/h7-13H,3-6H2,1-2H3,(H,24,27). The van der Waals surface area contributed by atoms with E-state index in [2.05, 4.69) is 10.4 Å². The van der Waals surface area contributed by atoms with Crippen molar-refractivity contribution in [1.82, 2.24) is 9.78 Å². The summed E-state index contributed by atoms with van der Waals surface area (Å²) in [4.78, 5) is 13.0. The van der Waals surface area contributed by atoms with E-state index in [-0.39, 0.29) is 11.7 Å². The van der Waals surface area contributed by atoms with Gasteiger partial charge in [-0.1, -0.05) is 12.1 Å². The summed E-state index contributed by atoms with van der Waals surface area (Å²) in [5.74, 6) is -0.477. The van der Waals surface area contributed by atoms with Crippen LogP contribution in [-0.2, 0) is 12.8 Å². The van der Waals surface area contributed by atoms with E-state index < -0.39 is 0 Å². The summed E-state index contributed by atoms with van der Waals surface area (Å²) < 4.78 is 15.1. The number of anilines is 1. The van der Waals surface area contributed by atoms with Crippen LogP contribution in [0.2, 0.25) is 0 Å². The second kappa shape index (κ2) is 6.99. The Bertz CT molecular complexity index is 1010. The molecule has 0 radical (unpaired) electrons. The van der Waals surface area contributed by atoms with E-state index in [1.54, 1.807) is 16.8 Å². The molecule has 0 saturated heterocycles. The Morgan fingerprint density at radius 2 is 1.81 bits per heavy atom.